The first kappa shape index (κ1) is 14.5. The summed E-state index contributed by atoms with van der Waals surface area (Å²) in [4.78, 5) is 0. The molecule has 0 amide bonds. The first-order valence-electron chi connectivity index (χ1n) is 4.99. The van der Waals surface area contributed by atoms with Crippen molar-refractivity contribution in [3.05, 3.63) is 53.2 Å². The van der Waals surface area contributed by atoms with Crippen LogP contribution in [0.15, 0.2) is 36.5 Å². The van der Waals surface area contributed by atoms with E-state index in [-0.39, 0.29) is 38.6 Å². The third-order valence-electron chi connectivity index (χ3n) is 2.52. The Kier molecular flexibility index (Phi) is 5.47. The summed E-state index contributed by atoms with van der Waals surface area (Å²) in [6.45, 7) is 3.92. The third-order valence-corrected chi connectivity index (χ3v) is 2.78. The molecule has 0 aliphatic carbocycles. The Labute approximate surface area is 132 Å². The van der Waals surface area contributed by atoms with Crippen LogP contribution in [0.3, 0.4) is 0 Å². The molecule has 0 aromatic heterocycles. The zero-order valence-corrected chi connectivity index (χ0v) is 12.9. The number of halogens is 1. The molecule has 1 atom stereocenters. The summed E-state index contributed by atoms with van der Waals surface area (Å²) in [6.07, 6.45) is 9.33. The van der Waals surface area contributed by atoms with Gasteiger partial charge in [0.25, 0.3) is 0 Å². The second-order valence-corrected chi connectivity index (χ2v) is 4.07. The molecule has 1 heterocycles. The minimum Gasteiger partial charge on any atom is -0.393 e. The Morgan fingerprint density at radius 1 is 1.41 bits per heavy atom. The molecule has 1 radical (unpaired) electrons. The number of allylic oxidation sites excluding steroid dienone is 2. The molecule has 1 aromatic carbocycles. The van der Waals surface area contributed by atoms with E-state index in [1.807, 2.05) is 24.3 Å². The van der Waals surface area contributed by atoms with Gasteiger partial charge in [-0.1, -0.05) is 42.7 Å². The molecule has 17 heavy (non-hydrogen) atoms. The summed E-state index contributed by atoms with van der Waals surface area (Å²) in [6, 6.07) is 7.59. The fourth-order valence-corrected chi connectivity index (χ4v) is 1.70. The van der Waals surface area contributed by atoms with Crippen LogP contribution >= 0.6 is 11.6 Å². The summed E-state index contributed by atoms with van der Waals surface area (Å²) >= 11 is 5.83. The molecule has 0 saturated carbocycles. The molecule has 1 nitrogen and oxygen atoms in total. The molecule has 1 aromatic rings. The van der Waals surface area contributed by atoms with Gasteiger partial charge < -0.3 is 5.32 Å². The molecule has 3 heteroatoms. The van der Waals surface area contributed by atoms with Crippen LogP contribution in [0.5, 0.6) is 0 Å². The van der Waals surface area contributed by atoms with Crippen LogP contribution in [0, 0.1) is 24.3 Å². The summed E-state index contributed by atoms with van der Waals surface area (Å²) in [5.74, 6) is 2.71. The van der Waals surface area contributed by atoms with Gasteiger partial charge in [0.2, 0.25) is 0 Å². The average molecular weight is 318 g/mol. The van der Waals surface area contributed by atoms with E-state index in [2.05, 4.69) is 23.9 Å². The molecular weight excluding hydrogens is 307 g/mol. The summed E-state index contributed by atoms with van der Waals surface area (Å²) < 4.78 is 0. The van der Waals surface area contributed by atoms with Crippen molar-refractivity contribution in [3.8, 4) is 12.3 Å². The summed E-state index contributed by atoms with van der Waals surface area (Å²) in [7, 11) is 0. The van der Waals surface area contributed by atoms with Crippen LogP contribution in [0.1, 0.15) is 12.0 Å². The van der Waals surface area contributed by atoms with Crippen LogP contribution < -0.4 is 5.32 Å². The molecule has 1 aliphatic heterocycles. The van der Waals surface area contributed by atoms with E-state index >= 15 is 0 Å². The van der Waals surface area contributed by atoms with Crippen molar-refractivity contribution >= 4 is 17.3 Å². The molecule has 1 N–H and O–H groups in total. The van der Waals surface area contributed by atoms with E-state index in [0.717, 1.165) is 22.0 Å². The number of nitrogens with one attached hydrogen (secondary N) is 1. The van der Waals surface area contributed by atoms with Gasteiger partial charge in [-0.15, -0.1) is 24.3 Å². The van der Waals surface area contributed by atoms with Gasteiger partial charge in [-0.25, -0.2) is 6.08 Å². The van der Waals surface area contributed by atoms with Gasteiger partial charge in [0.05, 0.1) is 0 Å². The SMILES string of the molecule is C#CC1C[C-]=C(c2ccc(Cl)cc2)NC1=C.[Y]. The van der Waals surface area contributed by atoms with Gasteiger partial charge >= 0.3 is 0 Å². The number of rotatable bonds is 1. The molecule has 0 bridgehead atoms. The molecule has 1 unspecified atom stereocenters. The molecule has 2 rings (SSSR count). The Morgan fingerprint density at radius 2 is 2.06 bits per heavy atom. The van der Waals surface area contributed by atoms with Crippen molar-refractivity contribution in [1.82, 2.24) is 5.32 Å². The summed E-state index contributed by atoms with van der Waals surface area (Å²) in [5.41, 5.74) is 2.82. The van der Waals surface area contributed by atoms with E-state index < -0.39 is 0 Å². The molecule has 1 aliphatic rings. The first-order valence-corrected chi connectivity index (χ1v) is 5.37. The predicted molar refractivity (Wildman–Crippen MR) is 67.3 cm³/mol. The van der Waals surface area contributed by atoms with Crippen molar-refractivity contribution in [3.63, 3.8) is 0 Å². The molecular formula is C14H11ClNY-. The maximum absolute atomic E-state index is 5.83. The van der Waals surface area contributed by atoms with Crippen LogP contribution in [0.4, 0.5) is 0 Å². The third kappa shape index (κ3) is 3.46. The van der Waals surface area contributed by atoms with Crippen molar-refractivity contribution in [2.45, 2.75) is 6.42 Å². The van der Waals surface area contributed by atoms with Crippen molar-refractivity contribution in [2.75, 3.05) is 0 Å². The van der Waals surface area contributed by atoms with E-state index in [1.165, 1.54) is 0 Å². The van der Waals surface area contributed by atoms with Crippen molar-refractivity contribution in [2.24, 2.45) is 5.92 Å². The van der Waals surface area contributed by atoms with Crippen LogP contribution in [-0.2, 0) is 32.7 Å². The van der Waals surface area contributed by atoms with Gasteiger partial charge in [-0.05, 0) is 0 Å². The topological polar surface area (TPSA) is 12.0 Å². The quantitative estimate of drug-likeness (QED) is 0.619. The molecule has 0 saturated heterocycles. The minimum atomic E-state index is 0. The van der Waals surface area contributed by atoms with Gasteiger partial charge in [0.15, 0.2) is 0 Å². The van der Waals surface area contributed by atoms with Crippen LogP contribution in [-0.4, -0.2) is 0 Å². The molecule has 83 valence electrons. The Morgan fingerprint density at radius 3 is 2.59 bits per heavy atom. The van der Waals surface area contributed by atoms with Crippen molar-refractivity contribution < 1.29 is 32.7 Å². The maximum Gasteiger partial charge on any atom is 0.0469 e. The smallest absolute Gasteiger partial charge is 0.0469 e. The number of hydrogen-bond donors (Lipinski definition) is 1. The van der Waals surface area contributed by atoms with E-state index in [1.54, 1.807) is 0 Å². The van der Waals surface area contributed by atoms with E-state index in [0.29, 0.717) is 6.42 Å². The zero-order valence-electron chi connectivity index (χ0n) is 9.33. The van der Waals surface area contributed by atoms with Gasteiger partial charge in [-0.2, -0.15) is 5.56 Å². The first-order chi connectivity index (χ1) is 7.70. The normalized spacial score (nSPS) is 18.5. The zero-order chi connectivity index (χ0) is 11.5. The second-order valence-electron chi connectivity index (χ2n) is 3.63. The Hall–Kier alpha value is -0.546. The minimum absolute atomic E-state index is 0. The second kappa shape index (κ2) is 6.40. The number of terminal acetylenes is 1. The van der Waals surface area contributed by atoms with E-state index in [4.69, 9.17) is 18.0 Å². The average Bonchev–Trinajstić information content (AvgIpc) is 2.30. The standard InChI is InChI=1S/C14H11ClN.Y/c1-3-11-6-9-14(16-10(11)2)12-4-7-13(15)8-5-12;/h1,4-5,7-8,11,16H,2,6H2;/q-1;. The molecule has 0 spiro atoms. The van der Waals surface area contributed by atoms with E-state index in [9.17, 15) is 0 Å². The summed E-state index contributed by atoms with van der Waals surface area (Å²) in [5, 5.41) is 3.90. The maximum atomic E-state index is 5.83. The van der Waals surface area contributed by atoms with Crippen LogP contribution in [0.2, 0.25) is 5.02 Å². The largest absolute Gasteiger partial charge is 0.393 e. The van der Waals surface area contributed by atoms with Gasteiger partial charge in [0, 0.05) is 49.3 Å². The Balaban J connectivity index is 0.00000144. The predicted octanol–water partition coefficient (Wildman–Crippen LogP) is 3.24. The molecule has 0 fully saturated rings. The fraction of sp³-hybridized carbons (Fsp3) is 0.143. The van der Waals surface area contributed by atoms with Crippen LogP contribution in [0.25, 0.3) is 5.70 Å². The Bertz CT molecular complexity index is 482. The van der Waals surface area contributed by atoms with Gasteiger partial charge in [0.1, 0.15) is 0 Å². The monoisotopic (exact) mass is 317 g/mol. The number of hydrogen-bond acceptors (Lipinski definition) is 1. The van der Waals surface area contributed by atoms with Gasteiger partial charge in [-0.3, -0.25) is 0 Å². The van der Waals surface area contributed by atoms with Crippen molar-refractivity contribution in [1.29, 1.82) is 0 Å². The fourth-order valence-electron chi connectivity index (χ4n) is 1.57. The number of benzene rings is 1.